The number of hydrogen-bond donors (Lipinski definition) is 0. The number of cyclic esters (lactones) is 2. The molecule has 0 radical (unpaired) electrons. The second kappa shape index (κ2) is 2.96. The first-order valence-electron chi connectivity index (χ1n) is 3.20. The summed E-state index contributed by atoms with van der Waals surface area (Å²) in [5, 5.41) is 0. The molecule has 0 N–H and O–H groups in total. The lowest BCUT2D eigenvalue weighted by atomic mass is 10.2. The Kier molecular flexibility index (Phi) is 2.19. The van der Waals surface area contributed by atoms with Crippen molar-refractivity contribution in [3.05, 3.63) is 0 Å². The number of hydrogen-bond acceptors (Lipinski definition) is 4. The molecule has 1 aliphatic rings. The molecule has 2 unspecified atom stereocenters. The van der Waals surface area contributed by atoms with Crippen molar-refractivity contribution in [1.82, 2.24) is 0 Å². The molecule has 0 amide bonds. The fourth-order valence-corrected chi connectivity index (χ4v) is 0.729. The Hall–Kier alpha value is -0.970. The van der Waals surface area contributed by atoms with E-state index < -0.39 is 24.4 Å². The Bertz CT molecular complexity index is 191. The normalized spacial score (nSPS) is 31.8. The van der Waals surface area contributed by atoms with Crippen molar-refractivity contribution in [3.63, 3.8) is 0 Å². The van der Waals surface area contributed by atoms with Crippen LogP contribution >= 0.6 is 0 Å². The van der Waals surface area contributed by atoms with Gasteiger partial charge in [0.25, 0.3) is 6.36 Å². The van der Waals surface area contributed by atoms with E-state index in [1.807, 2.05) is 0 Å². The first-order chi connectivity index (χ1) is 5.15. The third kappa shape index (κ3) is 1.54. The van der Waals surface area contributed by atoms with Crippen LogP contribution in [0.3, 0.4) is 0 Å². The molecule has 2 atom stereocenters. The van der Waals surface area contributed by atoms with Gasteiger partial charge < -0.3 is 9.47 Å². The van der Waals surface area contributed by atoms with E-state index in [1.54, 1.807) is 6.92 Å². The van der Waals surface area contributed by atoms with Gasteiger partial charge in [0, 0.05) is 0 Å². The van der Waals surface area contributed by atoms with E-state index in [0.717, 1.165) is 0 Å². The highest BCUT2D eigenvalue weighted by atomic mass is 19.1. The van der Waals surface area contributed by atoms with E-state index in [0.29, 0.717) is 6.42 Å². The van der Waals surface area contributed by atoms with Gasteiger partial charge in [-0.05, 0) is 6.42 Å². The highest BCUT2D eigenvalue weighted by Gasteiger charge is 2.36. The Balaban J connectivity index is 2.62. The van der Waals surface area contributed by atoms with Crippen molar-refractivity contribution in [2.75, 3.05) is 0 Å². The minimum absolute atomic E-state index is 0.298. The fourth-order valence-electron chi connectivity index (χ4n) is 0.729. The van der Waals surface area contributed by atoms with Crippen LogP contribution in [-0.2, 0) is 19.1 Å². The molecule has 1 fully saturated rings. The van der Waals surface area contributed by atoms with Crippen LogP contribution in [0.15, 0.2) is 0 Å². The summed E-state index contributed by atoms with van der Waals surface area (Å²) < 4.78 is 20.7. The van der Waals surface area contributed by atoms with Crippen molar-refractivity contribution in [2.45, 2.75) is 25.8 Å². The predicted octanol–water partition coefficient (Wildman–Crippen LogP) is 0.161. The molecule has 0 aromatic carbocycles. The van der Waals surface area contributed by atoms with Gasteiger partial charge in [0.1, 0.15) is 0 Å². The molecule has 0 aliphatic carbocycles. The first-order valence-corrected chi connectivity index (χ1v) is 3.20. The molecule has 11 heavy (non-hydrogen) atoms. The molecule has 1 saturated heterocycles. The maximum atomic E-state index is 12.3. The molecule has 1 rings (SSSR count). The summed E-state index contributed by atoms with van der Waals surface area (Å²) in [6, 6.07) is 0. The Morgan fingerprint density at radius 2 is 2.09 bits per heavy atom. The maximum absolute atomic E-state index is 12.3. The van der Waals surface area contributed by atoms with Crippen LogP contribution < -0.4 is 0 Å². The SMILES string of the molecule is CCC1OC(F)C(=O)OC1=O. The summed E-state index contributed by atoms with van der Waals surface area (Å²) in [5.74, 6) is -2.08. The number of rotatable bonds is 1. The molecule has 0 spiro atoms. The van der Waals surface area contributed by atoms with Crippen LogP contribution in [0, 0.1) is 0 Å². The molecule has 1 heterocycles. The zero-order valence-electron chi connectivity index (χ0n) is 5.87. The van der Waals surface area contributed by atoms with Gasteiger partial charge in [0.2, 0.25) is 0 Å². The third-order valence-corrected chi connectivity index (χ3v) is 1.30. The largest absolute Gasteiger partial charge is 0.387 e. The van der Waals surface area contributed by atoms with Crippen LogP contribution in [-0.4, -0.2) is 24.4 Å². The molecule has 0 bridgehead atoms. The lowest BCUT2D eigenvalue weighted by Gasteiger charge is -2.21. The van der Waals surface area contributed by atoms with Crippen LogP contribution in [0.1, 0.15) is 13.3 Å². The molecule has 0 aromatic heterocycles. The summed E-state index contributed by atoms with van der Waals surface area (Å²) in [7, 11) is 0. The lowest BCUT2D eigenvalue weighted by molar-refractivity contribution is -0.208. The van der Waals surface area contributed by atoms with Crippen LogP contribution in [0.4, 0.5) is 4.39 Å². The van der Waals surface area contributed by atoms with Crippen molar-refractivity contribution in [3.8, 4) is 0 Å². The number of alkyl halides is 1. The van der Waals surface area contributed by atoms with Crippen molar-refractivity contribution >= 4 is 11.9 Å². The number of carbonyl (C=O) groups excluding carboxylic acids is 2. The van der Waals surface area contributed by atoms with Crippen molar-refractivity contribution in [2.24, 2.45) is 0 Å². The molecule has 62 valence electrons. The predicted molar refractivity (Wildman–Crippen MR) is 31.2 cm³/mol. The Morgan fingerprint density at radius 1 is 1.45 bits per heavy atom. The van der Waals surface area contributed by atoms with Gasteiger partial charge in [0.15, 0.2) is 6.10 Å². The average Bonchev–Trinajstić information content (AvgIpc) is 1.97. The van der Waals surface area contributed by atoms with Crippen LogP contribution in [0.2, 0.25) is 0 Å². The number of ether oxygens (including phenoxy) is 2. The summed E-state index contributed by atoms with van der Waals surface area (Å²) >= 11 is 0. The molecule has 1 aliphatic heterocycles. The first kappa shape index (κ1) is 8.13. The smallest absolute Gasteiger partial charge is 0.376 e. The van der Waals surface area contributed by atoms with E-state index >= 15 is 0 Å². The summed E-state index contributed by atoms with van der Waals surface area (Å²) in [4.78, 5) is 21.0. The minimum atomic E-state index is -2.11. The topological polar surface area (TPSA) is 52.6 Å². The Labute approximate surface area is 62.3 Å². The van der Waals surface area contributed by atoms with Crippen molar-refractivity contribution in [1.29, 1.82) is 0 Å². The maximum Gasteiger partial charge on any atom is 0.376 e. The third-order valence-electron chi connectivity index (χ3n) is 1.30. The summed E-state index contributed by atoms with van der Waals surface area (Å²) in [5.41, 5.74) is 0. The monoisotopic (exact) mass is 162 g/mol. The lowest BCUT2D eigenvalue weighted by Crippen LogP contribution is -2.41. The van der Waals surface area contributed by atoms with Crippen LogP contribution in [0.25, 0.3) is 0 Å². The molecule has 5 heteroatoms. The van der Waals surface area contributed by atoms with Gasteiger partial charge in [-0.3, -0.25) is 0 Å². The minimum Gasteiger partial charge on any atom is -0.387 e. The van der Waals surface area contributed by atoms with Gasteiger partial charge in [-0.2, -0.15) is 0 Å². The average molecular weight is 162 g/mol. The van der Waals surface area contributed by atoms with E-state index in [4.69, 9.17) is 0 Å². The van der Waals surface area contributed by atoms with Gasteiger partial charge >= 0.3 is 11.9 Å². The van der Waals surface area contributed by atoms with Crippen LogP contribution in [0.5, 0.6) is 0 Å². The quantitative estimate of drug-likeness (QED) is 0.407. The highest BCUT2D eigenvalue weighted by molar-refractivity contribution is 5.91. The van der Waals surface area contributed by atoms with Crippen molar-refractivity contribution < 1.29 is 23.5 Å². The number of esters is 2. The van der Waals surface area contributed by atoms with E-state index in [-0.39, 0.29) is 0 Å². The zero-order chi connectivity index (χ0) is 8.43. The van der Waals surface area contributed by atoms with E-state index in [9.17, 15) is 14.0 Å². The fraction of sp³-hybridized carbons (Fsp3) is 0.667. The van der Waals surface area contributed by atoms with E-state index in [1.165, 1.54) is 0 Å². The zero-order valence-corrected chi connectivity index (χ0v) is 5.87. The summed E-state index contributed by atoms with van der Waals surface area (Å²) in [6.45, 7) is 1.63. The molecule has 4 nitrogen and oxygen atoms in total. The second-order valence-corrected chi connectivity index (χ2v) is 2.09. The van der Waals surface area contributed by atoms with E-state index in [2.05, 4.69) is 9.47 Å². The van der Waals surface area contributed by atoms with Gasteiger partial charge in [-0.15, -0.1) is 0 Å². The number of halogens is 1. The number of carbonyl (C=O) groups is 2. The van der Waals surface area contributed by atoms with Gasteiger partial charge in [0.05, 0.1) is 0 Å². The molecular formula is C6H7FO4. The molecule has 0 saturated carbocycles. The second-order valence-electron chi connectivity index (χ2n) is 2.09. The molecular weight excluding hydrogens is 155 g/mol. The highest BCUT2D eigenvalue weighted by Crippen LogP contribution is 2.13. The molecule has 0 aromatic rings. The van der Waals surface area contributed by atoms with Gasteiger partial charge in [-0.25, -0.2) is 14.0 Å². The standard InChI is InChI=1S/C6H7FO4/c1-2-3-5(8)11-6(9)4(7)10-3/h3-4H,2H2,1H3. The summed E-state index contributed by atoms with van der Waals surface area (Å²) in [6.07, 6.45) is -2.76. The Morgan fingerprint density at radius 3 is 2.64 bits per heavy atom. The van der Waals surface area contributed by atoms with Gasteiger partial charge in [-0.1, -0.05) is 6.92 Å².